The lowest BCUT2D eigenvalue weighted by molar-refractivity contribution is 1.11. The monoisotopic (exact) mass is 259 g/mol. The highest BCUT2D eigenvalue weighted by molar-refractivity contribution is 6.08. The summed E-state index contributed by atoms with van der Waals surface area (Å²) in [6.07, 6.45) is 1.93. The highest BCUT2D eigenvalue weighted by atomic mass is 15.0. The van der Waals surface area contributed by atoms with Gasteiger partial charge in [0.2, 0.25) is 0 Å². The molecule has 0 aliphatic carbocycles. The number of nitriles is 1. The first-order valence-corrected chi connectivity index (χ1v) is 6.37. The standard InChI is InChI=1S/C17H13N3/c1-12(19)15-11-20(17-9-5-3-7-14(15)17)16-8-4-2-6-13(16)10-18/h2-9,11,19H,1H3. The number of hydrogen-bond donors (Lipinski definition) is 1. The molecule has 3 aromatic rings. The van der Waals surface area contributed by atoms with E-state index in [0.29, 0.717) is 11.3 Å². The highest BCUT2D eigenvalue weighted by Crippen LogP contribution is 2.26. The third-order valence-electron chi connectivity index (χ3n) is 3.40. The Bertz CT molecular complexity index is 850. The summed E-state index contributed by atoms with van der Waals surface area (Å²) in [5.74, 6) is 0. The van der Waals surface area contributed by atoms with Crippen molar-refractivity contribution in [2.75, 3.05) is 0 Å². The third-order valence-corrected chi connectivity index (χ3v) is 3.40. The maximum atomic E-state index is 9.26. The van der Waals surface area contributed by atoms with E-state index < -0.39 is 0 Å². The van der Waals surface area contributed by atoms with Crippen molar-refractivity contribution in [1.82, 2.24) is 4.57 Å². The molecule has 0 amide bonds. The normalized spacial score (nSPS) is 10.4. The molecule has 3 heteroatoms. The predicted octanol–water partition coefficient (Wildman–Crippen LogP) is 3.89. The van der Waals surface area contributed by atoms with Crippen LogP contribution in [0.1, 0.15) is 18.1 Å². The smallest absolute Gasteiger partial charge is 0.101 e. The van der Waals surface area contributed by atoms with Gasteiger partial charge in [-0.15, -0.1) is 0 Å². The summed E-state index contributed by atoms with van der Waals surface area (Å²) in [6, 6.07) is 17.7. The van der Waals surface area contributed by atoms with Gasteiger partial charge in [-0.3, -0.25) is 0 Å². The molecule has 0 aliphatic rings. The average Bonchev–Trinajstić information content (AvgIpc) is 2.87. The summed E-state index contributed by atoms with van der Waals surface area (Å²) >= 11 is 0. The number of hydrogen-bond acceptors (Lipinski definition) is 2. The molecule has 0 atom stereocenters. The minimum absolute atomic E-state index is 0.523. The van der Waals surface area contributed by atoms with E-state index in [1.807, 2.05) is 53.2 Å². The number of rotatable bonds is 2. The van der Waals surface area contributed by atoms with Gasteiger partial charge in [-0.2, -0.15) is 5.26 Å². The van der Waals surface area contributed by atoms with E-state index >= 15 is 0 Å². The molecule has 1 heterocycles. The van der Waals surface area contributed by atoms with Crippen molar-refractivity contribution >= 4 is 16.6 Å². The van der Waals surface area contributed by atoms with E-state index in [1.165, 1.54) is 0 Å². The third kappa shape index (κ3) is 1.79. The lowest BCUT2D eigenvalue weighted by Crippen LogP contribution is -1.95. The molecule has 20 heavy (non-hydrogen) atoms. The van der Waals surface area contributed by atoms with Crippen LogP contribution in [0.4, 0.5) is 0 Å². The van der Waals surface area contributed by atoms with Gasteiger partial charge in [0.1, 0.15) is 6.07 Å². The number of fused-ring (bicyclic) bond motifs is 1. The van der Waals surface area contributed by atoms with Gasteiger partial charge >= 0.3 is 0 Å². The van der Waals surface area contributed by atoms with E-state index in [1.54, 1.807) is 13.0 Å². The van der Waals surface area contributed by atoms with Crippen molar-refractivity contribution in [2.45, 2.75) is 6.92 Å². The van der Waals surface area contributed by atoms with Gasteiger partial charge in [0.15, 0.2) is 0 Å². The minimum Gasteiger partial charge on any atom is -0.315 e. The van der Waals surface area contributed by atoms with Crippen molar-refractivity contribution in [2.24, 2.45) is 0 Å². The molecule has 1 aromatic heterocycles. The van der Waals surface area contributed by atoms with Crippen molar-refractivity contribution < 1.29 is 0 Å². The van der Waals surface area contributed by atoms with Gasteiger partial charge in [0.05, 0.1) is 16.8 Å². The maximum absolute atomic E-state index is 9.26. The fraction of sp³-hybridized carbons (Fsp3) is 0.0588. The lowest BCUT2D eigenvalue weighted by Gasteiger charge is -2.06. The Hall–Kier alpha value is -2.86. The Morgan fingerprint density at radius 3 is 2.55 bits per heavy atom. The molecule has 2 aromatic carbocycles. The largest absolute Gasteiger partial charge is 0.315 e. The van der Waals surface area contributed by atoms with Crippen molar-refractivity contribution in [3.05, 3.63) is 65.9 Å². The summed E-state index contributed by atoms with van der Waals surface area (Å²) < 4.78 is 1.99. The molecule has 0 radical (unpaired) electrons. The van der Waals surface area contributed by atoms with Gasteiger partial charge in [-0.25, -0.2) is 0 Å². The Kier molecular flexibility index (Phi) is 2.85. The van der Waals surface area contributed by atoms with Crippen LogP contribution in [0.3, 0.4) is 0 Å². The van der Waals surface area contributed by atoms with E-state index in [2.05, 4.69) is 6.07 Å². The molecule has 0 saturated carbocycles. The first-order valence-electron chi connectivity index (χ1n) is 6.37. The second kappa shape index (κ2) is 4.67. The molecular weight excluding hydrogens is 246 g/mol. The maximum Gasteiger partial charge on any atom is 0.101 e. The molecule has 0 aliphatic heterocycles. The minimum atomic E-state index is 0.523. The first kappa shape index (κ1) is 12.2. The molecule has 0 bridgehead atoms. The van der Waals surface area contributed by atoms with Crippen LogP contribution >= 0.6 is 0 Å². The Morgan fingerprint density at radius 2 is 1.80 bits per heavy atom. The Morgan fingerprint density at radius 1 is 1.10 bits per heavy atom. The van der Waals surface area contributed by atoms with Gasteiger partial charge in [0, 0.05) is 22.9 Å². The Labute approximate surface area is 117 Å². The van der Waals surface area contributed by atoms with Gasteiger partial charge in [-0.1, -0.05) is 30.3 Å². The fourth-order valence-corrected chi connectivity index (χ4v) is 2.46. The SMILES string of the molecule is CC(=N)c1cn(-c2ccccc2C#N)c2ccccc12. The first-order chi connectivity index (χ1) is 9.72. The van der Waals surface area contributed by atoms with Crippen LogP contribution in [0.15, 0.2) is 54.7 Å². The van der Waals surface area contributed by atoms with Crippen LogP contribution in [0.5, 0.6) is 0 Å². The van der Waals surface area contributed by atoms with Crippen LogP contribution < -0.4 is 0 Å². The van der Waals surface area contributed by atoms with Gasteiger partial charge in [-0.05, 0) is 25.1 Å². The summed E-state index contributed by atoms with van der Waals surface area (Å²) in [6.45, 7) is 1.78. The summed E-state index contributed by atoms with van der Waals surface area (Å²) in [7, 11) is 0. The van der Waals surface area contributed by atoms with Crippen LogP contribution in [0.2, 0.25) is 0 Å². The molecule has 3 rings (SSSR count). The van der Waals surface area contributed by atoms with E-state index in [0.717, 1.165) is 22.2 Å². The molecule has 0 fully saturated rings. The van der Waals surface area contributed by atoms with Crippen LogP contribution in [-0.2, 0) is 0 Å². The fourth-order valence-electron chi connectivity index (χ4n) is 2.46. The highest BCUT2D eigenvalue weighted by Gasteiger charge is 2.12. The zero-order chi connectivity index (χ0) is 14.1. The lowest BCUT2D eigenvalue weighted by atomic mass is 10.1. The zero-order valence-corrected chi connectivity index (χ0v) is 11.1. The second-order valence-electron chi connectivity index (χ2n) is 4.68. The molecule has 1 N–H and O–H groups in total. The molecule has 0 unspecified atom stereocenters. The van der Waals surface area contributed by atoms with Crippen molar-refractivity contribution in [3.8, 4) is 11.8 Å². The van der Waals surface area contributed by atoms with E-state index in [4.69, 9.17) is 5.41 Å². The molecule has 0 saturated heterocycles. The van der Waals surface area contributed by atoms with Gasteiger partial charge < -0.3 is 9.98 Å². The number of nitrogens with one attached hydrogen (secondary N) is 1. The number of nitrogens with zero attached hydrogens (tertiary/aromatic N) is 2. The predicted molar refractivity (Wildman–Crippen MR) is 80.5 cm³/mol. The number of benzene rings is 2. The quantitative estimate of drug-likeness (QED) is 0.697. The number of para-hydroxylation sites is 2. The van der Waals surface area contributed by atoms with E-state index in [-0.39, 0.29) is 0 Å². The van der Waals surface area contributed by atoms with Crippen LogP contribution in [-0.4, -0.2) is 10.3 Å². The molecule has 96 valence electrons. The molecule has 0 spiro atoms. The summed E-state index contributed by atoms with van der Waals surface area (Å²) in [5.41, 5.74) is 3.90. The number of aromatic nitrogens is 1. The van der Waals surface area contributed by atoms with E-state index in [9.17, 15) is 5.26 Å². The zero-order valence-electron chi connectivity index (χ0n) is 11.1. The van der Waals surface area contributed by atoms with Crippen LogP contribution in [0, 0.1) is 16.7 Å². The molecule has 3 nitrogen and oxygen atoms in total. The Balaban J connectivity index is 2.38. The van der Waals surface area contributed by atoms with Gasteiger partial charge in [0.25, 0.3) is 0 Å². The van der Waals surface area contributed by atoms with Crippen molar-refractivity contribution in [1.29, 1.82) is 10.7 Å². The topological polar surface area (TPSA) is 52.6 Å². The average molecular weight is 259 g/mol. The summed E-state index contributed by atoms with van der Waals surface area (Å²) in [4.78, 5) is 0. The molecular formula is C17H13N3. The van der Waals surface area contributed by atoms with Crippen molar-refractivity contribution in [3.63, 3.8) is 0 Å². The van der Waals surface area contributed by atoms with Crippen LogP contribution in [0.25, 0.3) is 16.6 Å². The second-order valence-corrected chi connectivity index (χ2v) is 4.68. The summed E-state index contributed by atoms with van der Waals surface area (Å²) in [5, 5.41) is 18.2.